The number of benzene rings is 3. The van der Waals surface area contributed by atoms with Gasteiger partial charge in [-0.05, 0) is 42.2 Å². The van der Waals surface area contributed by atoms with Gasteiger partial charge < -0.3 is 9.84 Å². The number of aryl methyl sites for hydroxylation is 1. The molecule has 6 nitrogen and oxygen atoms in total. The Hall–Kier alpha value is -3.70. The largest absolute Gasteiger partial charge is 0.482 e. The van der Waals surface area contributed by atoms with Crippen molar-refractivity contribution in [2.45, 2.75) is 28.6 Å². The number of thiazole rings is 1. The van der Waals surface area contributed by atoms with Crippen LogP contribution in [-0.4, -0.2) is 31.1 Å². The highest BCUT2D eigenvalue weighted by Gasteiger charge is 2.37. The van der Waals surface area contributed by atoms with E-state index < -0.39 is 39.4 Å². The average molecular weight is 560 g/mol. The summed E-state index contributed by atoms with van der Waals surface area (Å²) in [6.45, 7) is -0.508. The summed E-state index contributed by atoms with van der Waals surface area (Å²) in [6, 6.07) is 17.6. The van der Waals surface area contributed by atoms with Crippen LogP contribution in [0.1, 0.15) is 32.4 Å². The first-order valence-corrected chi connectivity index (χ1v) is 13.8. The molecule has 1 N–H and O–H groups in total. The lowest BCUT2D eigenvalue weighted by Gasteiger charge is -2.18. The van der Waals surface area contributed by atoms with Crippen molar-refractivity contribution in [3.05, 3.63) is 99.9 Å². The fraction of sp³-hybridized carbons (Fsp3) is 0.185. The van der Waals surface area contributed by atoms with Crippen molar-refractivity contribution in [1.82, 2.24) is 4.98 Å². The number of rotatable bonds is 7. The number of aliphatic carboxylic acids is 1. The number of fused-ring (bicyclic) bond motifs is 3. The summed E-state index contributed by atoms with van der Waals surface area (Å²) in [6.07, 6.45) is -3.55. The Morgan fingerprint density at radius 2 is 1.66 bits per heavy atom. The summed E-state index contributed by atoms with van der Waals surface area (Å²) < 4.78 is 72.8. The minimum Gasteiger partial charge on any atom is -0.482 e. The average Bonchev–Trinajstić information content (AvgIpc) is 3.34. The van der Waals surface area contributed by atoms with Gasteiger partial charge in [-0.15, -0.1) is 11.3 Å². The maximum absolute atomic E-state index is 14.0. The Morgan fingerprint density at radius 3 is 2.32 bits per heavy atom. The van der Waals surface area contributed by atoms with Crippen LogP contribution < -0.4 is 4.74 Å². The van der Waals surface area contributed by atoms with Gasteiger partial charge >= 0.3 is 12.1 Å². The van der Waals surface area contributed by atoms with E-state index in [0.29, 0.717) is 35.4 Å². The smallest absolute Gasteiger partial charge is 0.416 e. The minimum atomic E-state index is -4.55. The highest BCUT2D eigenvalue weighted by atomic mass is 32.2. The van der Waals surface area contributed by atoms with Gasteiger partial charge in [0.25, 0.3) is 0 Å². The van der Waals surface area contributed by atoms with Crippen LogP contribution in [0, 0.1) is 0 Å². The molecule has 4 aromatic rings. The van der Waals surface area contributed by atoms with Gasteiger partial charge in [-0.3, -0.25) is 0 Å². The van der Waals surface area contributed by atoms with Gasteiger partial charge in [-0.2, -0.15) is 13.2 Å². The summed E-state index contributed by atoms with van der Waals surface area (Å²) in [5.41, 5.74) is 1.63. The number of hydrogen-bond acceptors (Lipinski definition) is 6. The Morgan fingerprint density at radius 1 is 0.974 bits per heavy atom. The molecular formula is C27H20F3NO5S2. The molecular weight excluding hydrogens is 539 g/mol. The second kappa shape index (κ2) is 9.88. The molecule has 0 saturated carbocycles. The Balaban J connectivity index is 1.58. The number of alkyl halides is 3. The van der Waals surface area contributed by atoms with Crippen LogP contribution in [-0.2, 0) is 33.6 Å². The van der Waals surface area contributed by atoms with Crippen LogP contribution >= 0.6 is 11.3 Å². The number of hydrogen-bond donors (Lipinski definition) is 1. The zero-order valence-corrected chi connectivity index (χ0v) is 21.2. The van der Waals surface area contributed by atoms with Crippen LogP contribution in [0.15, 0.2) is 77.1 Å². The summed E-state index contributed by atoms with van der Waals surface area (Å²) >= 11 is 1.04. The molecule has 38 heavy (non-hydrogen) atoms. The van der Waals surface area contributed by atoms with E-state index in [0.717, 1.165) is 33.9 Å². The van der Waals surface area contributed by atoms with Gasteiger partial charge in [-0.1, -0.05) is 54.6 Å². The molecule has 1 aromatic heterocycles. The molecule has 196 valence electrons. The number of carbonyl (C=O) groups is 1. The lowest BCUT2D eigenvalue weighted by molar-refractivity contribution is -0.139. The predicted octanol–water partition coefficient (Wildman–Crippen LogP) is 5.95. The molecule has 1 heterocycles. The zero-order valence-electron chi connectivity index (χ0n) is 19.6. The summed E-state index contributed by atoms with van der Waals surface area (Å²) in [4.78, 5) is 16.2. The summed E-state index contributed by atoms with van der Waals surface area (Å²) in [5, 5.41) is 7.71. The molecule has 5 rings (SSSR count). The molecule has 0 amide bonds. The zero-order chi connectivity index (χ0) is 27.1. The second-order valence-electron chi connectivity index (χ2n) is 8.67. The third-order valence-corrected chi connectivity index (χ3v) is 9.82. The Kier molecular flexibility index (Phi) is 6.74. The van der Waals surface area contributed by atoms with E-state index in [1.807, 2.05) is 0 Å². The molecule has 0 radical (unpaired) electrons. The van der Waals surface area contributed by atoms with E-state index in [-0.39, 0.29) is 9.90 Å². The maximum Gasteiger partial charge on any atom is 0.416 e. The van der Waals surface area contributed by atoms with Crippen molar-refractivity contribution in [1.29, 1.82) is 0 Å². The predicted molar refractivity (Wildman–Crippen MR) is 135 cm³/mol. The van der Waals surface area contributed by atoms with E-state index in [9.17, 15) is 26.4 Å². The molecule has 1 atom stereocenters. The minimum absolute atomic E-state index is 0.138. The number of sulfone groups is 1. The monoisotopic (exact) mass is 559 g/mol. The van der Waals surface area contributed by atoms with Crippen LogP contribution in [0.4, 0.5) is 13.2 Å². The van der Waals surface area contributed by atoms with E-state index in [1.54, 1.807) is 48.5 Å². The molecule has 0 fully saturated rings. The highest BCUT2D eigenvalue weighted by molar-refractivity contribution is 7.93. The van der Waals surface area contributed by atoms with Crippen LogP contribution in [0.3, 0.4) is 0 Å². The van der Waals surface area contributed by atoms with Gasteiger partial charge in [0.1, 0.15) is 11.0 Å². The number of carboxylic acid groups (broad SMARTS) is 1. The fourth-order valence-corrected chi connectivity index (χ4v) is 7.83. The maximum atomic E-state index is 14.0. The number of halogens is 3. The molecule has 1 aliphatic carbocycles. The number of carboxylic acids is 1. The van der Waals surface area contributed by atoms with Crippen LogP contribution in [0.5, 0.6) is 5.75 Å². The van der Waals surface area contributed by atoms with Gasteiger partial charge in [-0.25, -0.2) is 18.2 Å². The van der Waals surface area contributed by atoms with Crippen LogP contribution in [0.2, 0.25) is 0 Å². The first-order valence-electron chi connectivity index (χ1n) is 11.5. The standard InChI is InChI=1S/C27H20F3NO5S2/c28-27(29,30)18-11-9-17(10-12-18)25(16-5-2-1-3-6-16)38(34,35)26-31-24-20-7-4-8-21(36-15-23(32)33)19(20)13-14-22(24)37-26/h1-12,25H,13-15H2,(H,32,33). The molecule has 0 saturated heterocycles. The summed E-state index contributed by atoms with van der Waals surface area (Å²) in [5.74, 6) is -0.712. The molecule has 11 heteroatoms. The SMILES string of the molecule is O=C(O)COc1cccc2c1CCc1sc(S(=O)(=O)C(c3ccccc3)c3ccc(C(F)(F)F)cc3)nc1-2. The van der Waals surface area contributed by atoms with Gasteiger partial charge in [0.05, 0.1) is 11.3 Å². The number of ether oxygens (including phenoxy) is 1. The van der Waals surface area contributed by atoms with E-state index in [2.05, 4.69) is 4.98 Å². The fourth-order valence-electron chi connectivity index (χ4n) is 4.52. The van der Waals surface area contributed by atoms with Crippen molar-refractivity contribution in [3.63, 3.8) is 0 Å². The van der Waals surface area contributed by atoms with E-state index in [4.69, 9.17) is 9.84 Å². The van der Waals surface area contributed by atoms with Gasteiger partial charge in [0.15, 0.2) is 6.61 Å². The summed E-state index contributed by atoms with van der Waals surface area (Å²) in [7, 11) is -4.17. The Labute approximate surface area is 220 Å². The van der Waals surface area contributed by atoms with Crippen molar-refractivity contribution < 1.29 is 36.2 Å². The molecule has 3 aromatic carbocycles. The van der Waals surface area contributed by atoms with Crippen molar-refractivity contribution in [2.75, 3.05) is 6.61 Å². The Bertz CT molecular complexity index is 1600. The molecule has 1 aliphatic rings. The first-order chi connectivity index (χ1) is 18.1. The van der Waals surface area contributed by atoms with Gasteiger partial charge in [0.2, 0.25) is 14.2 Å². The highest BCUT2D eigenvalue weighted by Crippen LogP contribution is 2.44. The first kappa shape index (κ1) is 25.9. The van der Waals surface area contributed by atoms with Crippen molar-refractivity contribution in [2.24, 2.45) is 0 Å². The second-order valence-corrected chi connectivity index (χ2v) is 12.0. The van der Waals surface area contributed by atoms with Crippen molar-refractivity contribution >= 4 is 27.1 Å². The topological polar surface area (TPSA) is 93.6 Å². The molecule has 0 bridgehead atoms. The molecule has 0 aliphatic heterocycles. The van der Waals surface area contributed by atoms with E-state index in [1.165, 1.54) is 12.1 Å². The molecule has 0 spiro atoms. The molecule has 1 unspecified atom stereocenters. The van der Waals surface area contributed by atoms with Crippen molar-refractivity contribution in [3.8, 4) is 17.0 Å². The number of aromatic nitrogens is 1. The van der Waals surface area contributed by atoms with Crippen LogP contribution in [0.25, 0.3) is 11.3 Å². The van der Waals surface area contributed by atoms with E-state index >= 15 is 0 Å². The lowest BCUT2D eigenvalue weighted by atomic mass is 9.93. The third-order valence-electron chi connectivity index (χ3n) is 6.22. The quantitative estimate of drug-likeness (QED) is 0.301. The normalized spacial score (nSPS) is 13.9. The lowest BCUT2D eigenvalue weighted by Crippen LogP contribution is -2.16. The third kappa shape index (κ3) is 4.91. The van der Waals surface area contributed by atoms with Gasteiger partial charge in [0, 0.05) is 16.0 Å². The number of nitrogens with zero attached hydrogens (tertiary/aromatic N) is 1.